The van der Waals surface area contributed by atoms with Crippen LogP contribution in [0.5, 0.6) is 11.5 Å². The van der Waals surface area contributed by atoms with Crippen LogP contribution in [-0.4, -0.2) is 74.4 Å². The number of hydrogen-bond donors (Lipinski definition) is 0. The summed E-state index contributed by atoms with van der Waals surface area (Å²) in [4.78, 5) is 27.1. The highest BCUT2D eigenvalue weighted by molar-refractivity contribution is 7.22. The number of carbonyl (C=O) groups is 1. The molecule has 1 amide bonds. The number of methoxy groups -OCH3 is 2. The van der Waals surface area contributed by atoms with E-state index >= 15 is 0 Å². The smallest absolute Gasteiger partial charge is 0.260 e. The number of aromatic nitrogens is 2. The van der Waals surface area contributed by atoms with Crippen LogP contribution in [0, 0.1) is 0 Å². The second kappa shape index (κ2) is 11.5. The molecule has 1 aliphatic rings. The van der Waals surface area contributed by atoms with Gasteiger partial charge in [-0.05, 0) is 36.8 Å². The number of morpholine rings is 1. The number of nitrogens with zero attached hydrogens (tertiary/aromatic N) is 4. The van der Waals surface area contributed by atoms with Crippen molar-refractivity contribution in [3.63, 3.8) is 0 Å². The zero-order chi connectivity index (χ0) is 23.5. The normalized spacial score (nSPS) is 14.1. The Bertz CT molecular complexity index is 1260. The number of ether oxygens (including phenoxy) is 3. The summed E-state index contributed by atoms with van der Waals surface area (Å²) in [5.74, 6) is 1.30. The van der Waals surface area contributed by atoms with E-state index in [-0.39, 0.29) is 18.3 Å². The van der Waals surface area contributed by atoms with Crippen LogP contribution in [0.25, 0.3) is 20.4 Å². The Balaban J connectivity index is 0.00000289. The lowest BCUT2D eigenvalue weighted by atomic mass is 10.2. The molecule has 1 aliphatic heterocycles. The summed E-state index contributed by atoms with van der Waals surface area (Å²) in [5.41, 5.74) is 4.02. The van der Waals surface area contributed by atoms with Crippen molar-refractivity contribution in [2.75, 3.05) is 58.5 Å². The molecule has 0 unspecified atom stereocenters. The molecule has 186 valence electrons. The molecular formula is C24H27ClN4O4S2. The molecule has 0 N–H and O–H groups in total. The van der Waals surface area contributed by atoms with E-state index in [1.807, 2.05) is 30.3 Å². The van der Waals surface area contributed by atoms with Gasteiger partial charge in [0.1, 0.15) is 21.7 Å². The van der Waals surface area contributed by atoms with Crippen LogP contribution >= 0.6 is 35.1 Å². The van der Waals surface area contributed by atoms with Crippen LogP contribution in [0.15, 0.2) is 35.8 Å². The lowest BCUT2D eigenvalue weighted by Gasteiger charge is -2.27. The highest BCUT2D eigenvalue weighted by Crippen LogP contribution is 2.40. The van der Waals surface area contributed by atoms with Crippen molar-refractivity contribution in [3.8, 4) is 11.5 Å². The van der Waals surface area contributed by atoms with Gasteiger partial charge in [0.15, 0.2) is 5.13 Å². The summed E-state index contributed by atoms with van der Waals surface area (Å²) < 4.78 is 18.4. The Labute approximate surface area is 217 Å². The van der Waals surface area contributed by atoms with Gasteiger partial charge >= 0.3 is 0 Å². The summed E-state index contributed by atoms with van der Waals surface area (Å²) in [7, 11) is 3.26. The molecule has 8 nitrogen and oxygen atoms in total. The van der Waals surface area contributed by atoms with Gasteiger partial charge in [-0.2, -0.15) is 0 Å². The van der Waals surface area contributed by atoms with Crippen LogP contribution in [0.4, 0.5) is 5.13 Å². The number of halogens is 1. The summed E-state index contributed by atoms with van der Waals surface area (Å²) in [6, 6.07) is 9.36. The first-order valence-electron chi connectivity index (χ1n) is 11.1. The molecule has 0 radical (unpaired) electrons. The van der Waals surface area contributed by atoms with Crippen LogP contribution < -0.4 is 14.4 Å². The fourth-order valence-electron chi connectivity index (χ4n) is 4.09. The van der Waals surface area contributed by atoms with E-state index in [9.17, 15) is 4.79 Å². The number of carbonyl (C=O) groups excluding carboxylic acids is 1. The number of amides is 1. The van der Waals surface area contributed by atoms with Gasteiger partial charge in [-0.1, -0.05) is 11.3 Å². The Kier molecular flexibility index (Phi) is 8.40. The minimum atomic E-state index is -0.0748. The van der Waals surface area contributed by atoms with Crippen molar-refractivity contribution in [1.82, 2.24) is 14.9 Å². The maximum absolute atomic E-state index is 13.8. The van der Waals surface area contributed by atoms with Crippen molar-refractivity contribution in [1.29, 1.82) is 0 Å². The predicted octanol–water partition coefficient (Wildman–Crippen LogP) is 4.71. The van der Waals surface area contributed by atoms with E-state index in [2.05, 4.69) is 9.88 Å². The second-order valence-electron chi connectivity index (χ2n) is 7.94. The van der Waals surface area contributed by atoms with E-state index in [4.69, 9.17) is 19.2 Å². The molecule has 2 aromatic carbocycles. The first-order chi connectivity index (χ1) is 16.7. The highest BCUT2D eigenvalue weighted by atomic mass is 35.5. The minimum absolute atomic E-state index is 0. The number of fused-ring (bicyclic) bond motifs is 2. The quantitative estimate of drug-likeness (QED) is 0.324. The molecule has 11 heteroatoms. The Hall–Kier alpha value is -2.50. The highest BCUT2D eigenvalue weighted by Gasteiger charge is 2.24. The molecule has 0 saturated carbocycles. The largest absolute Gasteiger partial charge is 0.495 e. The van der Waals surface area contributed by atoms with E-state index in [0.717, 1.165) is 54.2 Å². The molecule has 1 saturated heterocycles. The van der Waals surface area contributed by atoms with E-state index in [1.165, 1.54) is 22.7 Å². The molecule has 5 rings (SSSR count). The summed E-state index contributed by atoms with van der Waals surface area (Å²) in [6.07, 6.45) is 0.832. The van der Waals surface area contributed by atoms with Gasteiger partial charge in [0, 0.05) is 31.7 Å². The van der Waals surface area contributed by atoms with E-state index in [1.54, 1.807) is 24.6 Å². The topological polar surface area (TPSA) is 77.0 Å². The fraction of sp³-hybridized carbons (Fsp3) is 0.375. The molecular weight excluding hydrogens is 508 g/mol. The van der Waals surface area contributed by atoms with Crippen LogP contribution in [-0.2, 0) is 4.74 Å². The van der Waals surface area contributed by atoms with Gasteiger partial charge in [-0.25, -0.2) is 9.97 Å². The van der Waals surface area contributed by atoms with Crippen molar-refractivity contribution in [2.24, 2.45) is 0 Å². The number of rotatable bonds is 8. The molecule has 4 aromatic rings. The van der Waals surface area contributed by atoms with Gasteiger partial charge in [0.2, 0.25) is 0 Å². The molecule has 0 atom stereocenters. The van der Waals surface area contributed by atoms with Crippen molar-refractivity contribution >= 4 is 66.6 Å². The van der Waals surface area contributed by atoms with Crippen molar-refractivity contribution in [2.45, 2.75) is 6.42 Å². The molecule has 1 fully saturated rings. The maximum Gasteiger partial charge on any atom is 0.260 e. The van der Waals surface area contributed by atoms with Gasteiger partial charge in [0.05, 0.1) is 43.2 Å². The zero-order valence-corrected chi connectivity index (χ0v) is 22.0. The average molecular weight is 535 g/mol. The number of hydrogen-bond acceptors (Lipinski definition) is 9. The van der Waals surface area contributed by atoms with Gasteiger partial charge < -0.3 is 14.2 Å². The average Bonchev–Trinajstić information content (AvgIpc) is 3.53. The van der Waals surface area contributed by atoms with Gasteiger partial charge in [-0.3, -0.25) is 14.6 Å². The monoisotopic (exact) mass is 534 g/mol. The third-order valence-electron chi connectivity index (χ3n) is 5.91. The molecule has 3 heterocycles. The minimum Gasteiger partial charge on any atom is -0.495 e. The fourth-order valence-corrected chi connectivity index (χ4v) is 5.91. The van der Waals surface area contributed by atoms with Crippen molar-refractivity contribution < 1.29 is 19.0 Å². The molecule has 0 bridgehead atoms. The first-order valence-corrected chi connectivity index (χ1v) is 12.8. The third kappa shape index (κ3) is 5.36. The van der Waals surface area contributed by atoms with Crippen LogP contribution in [0.2, 0.25) is 0 Å². The Morgan fingerprint density at radius 3 is 2.69 bits per heavy atom. The molecule has 2 aromatic heterocycles. The molecule has 0 spiro atoms. The molecule has 0 aliphatic carbocycles. The van der Waals surface area contributed by atoms with Crippen LogP contribution in [0.3, 0.4) is 0 Å². The number of thiazole rings is 2. The third-order valence-corrected chi connectivity index (χ3v) is 7.80. The maximum atomic E-state index is 13.8. The second-order valence-corrected chi connectivity index (χ2v) is 9.81. The Morgan fingerprint density at radius 1 is 1.14 bits per heavy atom. The van der Waals surface area contributed by atoms with E-state index < -0.39 is 0 Å². The number of benzene rings is 2. The summed E-state index contributed by atoms with van der Waals surface area (Å²) in [5, 5.41) is 0.633. The molecule has 35 heavy (non-hydrogen) atoms. The lowest BCUT2D eigenvalue weighted by molar-refractivity contribution is 0.0376. The van der Waals surface area contributed by atoms with Crippen molar-refractivity contribution in [3.05, 3.63) is 41.4 Å². The summed E-state index contributed by atoms with van der Waals surface area (Å²) >= 11 is 2.98. The number of anilines is 1. The van der Waals surface area contributed by atoms with Crippen LogP contribution in [0.1, 0.15) is 16.8 Å². The van der Waals surface area contributed by atoms with Gasteiger partial charge in [-0.15, -0.1) is 23.7 Å². The van der Waals surface area contributed by atoms with E-state index in [0.29, 0.717) is 34.3 Å². The standard InChI is InChI=1S/C24H26N4O4S2.ClH/c1-30-18-6-7-19(31-2)22-21(18)26-24(34-22)28(9-3-8-27-10-12-32-13-11-27)23(29)16-4-5-17-20(14-16)33-15-25-17;/h4-7,14-15H,3,8-13H2,1-2H3;1H. The van der Waals surface area contributed by atoms with Gasteiger partial charge in [0.25, 0.3) is 5.91 Å². The first kappa shape index (κ1) is 25.6. The SMILES string of the molecule is COc1ccc(OC)c2sc(N(CCCN3CCOCC3)C(=O)c3ccc4ncsc4c3)nc12.Cl. The zero-order valence-electron chi connectivity index (χ0n) is 19.6. The predicted molar refractivity (Wildman–Crippen MR) is 143 cm³/mol. The lowest BCUT2D eigenvalue weighted by Crippen LogP contribution is -2.39. The summed E-state index contributed by atoms with van der Waals surface area (Å²) in [6.45, 7) is 4.82. The Morgan fingerprint density at radius 2 is 1.91 bits per heavy atom.